The summed E-state index contributed by atoms with van der Waals surface area (Å²) < 4.78 is 0. The van der Waals surface area contributed by atoms with E-state index in [2.05, 4.69) is 17.5 Å². The molecule has 3 aromatic carbocycles. The maximum absolute atomic E-state index is 13.6. The number of carbonyl (C=O) groups excluding carboxylic acids is 2. The quantitative estimate of drug-likeness (QED) is 0.377. The number of hydrogen-bond acceptors (Lipinski definition) is 4. The van der Waals surface area contributed by atoms with Crippen LogP contribution >= 0.6 is 11.8 Å². The van der Waals surface area contributed by atoms with Crippen LogP contribution in [0.4, 0.5) is 5.69 Å². The maximum Gasteiger partial charge on any atom is 0.264 e. The van der Waals surface area contributed by atoms with Gasteiger partial charge in [-0.2, -0.15) is 5.26 Å². The molecular formula is C29H27N3O2S. The van der Waals surface area contributed by atoms with E-state index in [1.54, 1.807) is 0 Å². The van der Waals surface area contributed by atoms with Crippen molar-refractivity contribution >= 4 is 29.3 Å². The number of nitriles is 1. The van der Waals surface area contributed by atoms with Gasteiger partial charge >= 0.3 is 0 Å². The number of benzene rings is 3. The minimum absolute atomic E-state index is 0.0382. The Morgan fingerprint density at radius 2 is 1.69 bits per heavy atom. The summed E-state index contributed by atoms with van der Waals surface area (Å²) in [5.41, 5.74) is 4.95. The number of rotatable bonds is 7. The molecular weight excluding hydrogens is 454 g/mol. The average Bonchev–Trinajstić information content (AvgIpc) is 3.16. The Hall–Kier alpha value is -3.82. The highest BCUT2D eigenvalue weighted by Crippen LogP contribution is 2.42. The zero-order valence-electron chi connectivity index (χ0n) is 19.8. The Morgan fingerprint density at radius 3 is 2.37 bits per heavy atom. The lowest BCUT2D eigenvalue weighted by Gasteiger charge is -2.19. The zero-order valence-corrected chi connectivity index (χ0v) is 20.6. The molecule has 5 nitrogen and oxygen atoms in total. The van der Waals surface area contributed by atoms with Crippen molar-refractivity contribution in [3.05, 3.63) is 112 Å². The number of hydrogen-bond donors (Lipinski definition) is 1. The second-order valence-electron chi connectivity index (χ2n) is 8.59. The summed E-state index contributed by atoms with van der Waals surface area (Å²) in [4.78, 5) is 28.1. The molecule has 1 atom stereocenters. The smallest absolute Gasteiger partial charge is 0.264 e. The highest BCUT2D eigenvalue weighted by Gasteiger charge is 2.40. The van der Waals surface area contributed by atoms with Crippen molar-refractivity contribution in [2.24, 2.45) is 0 Å². The molecule has 0 spiro atoms. The maximum atomic E-state index is 13.6. The Bertz CT molecular complexity index is 1290. The van der Waals surface area contributed by atoms with Crippen LogP contribution in [0.25, 0.3) is 0 Å². The molecule has 0 bridgehead atoms. The first-order valence-electron chi connectivity index (χ1n) is 11.6. The van der Waals surface area contributed by atoms with Gasteiger partial charge in [0.1, 0.15) is 16.7 Å². The topological polar surface area (TPSA) is 73.2 Å². The Labute approximate surface area is 210 Å². The Balaban J connectivity index is 1.62. The van der Waals surface area contributed by atoms with Crippen LogP contribution in [0.5, 0.6) is 0 Å². The molecule has 35 heavy (non-hydrogen) atoms. The molecule has 1 aliphatic heterocycles. The number of nitrogens with zero attached hydrogens (tertiary/aromatic N) is 2. The highest BCUT2D eigenvalue weighted by molar-refractivity contribution is 8.05. The number of nitrogens with one attached hydrogen (secondary N) is 1. The van der Waals surface area contributed by atoms with Gasteiger partial charge in [0.2, 0.25) is 5.91 Å². The molecule has 1 saturated heterocycles. The number of anilines is 1. The fourth-order valence-corrected chi connectivity index (χ4v) is 5.33. The summed E-state index contributed by atoms with van der Waals surface area (Å²) in [6.45, 7) is 4.39. The van der Waals surface area contributed by atoms with E-state index in [4.69, 9.17) is 0 Å². The SMILES string of the molecule is Cc1ccc(N2C(=O)[C@@H](Cc3cccc(C)c3)S/C2=C(\C#N)C(=O)NCCc2ccccc2)cc1. The molecule has 0 aliphatic carbocycles. The first-order valence-corrected chi connectivity index (χ1v) is 12.4. The van der Waals surface area contributed by atoms with E-state index in [0.717, 1.165) is 22.3 Å². The summed E-state index contributed by atoms with van der Waals surface area (Å²) in [6, 6.07) is 27.5. The van der Waals surface area contributed by atoms with Gasteiger partial charge < -0.3 is 5.32 Å². The molecule has 1 fully saturated rings. The largest absolute Gasteiger partial charge is 0.351 e. The predicted molar refractivity (Wildman–Crippen MR) is 141 cm³/mol. The summed E-state index contributed by atoms with van der Waals surface area (Å²) in [6.07, 6.45) is 1.18. The lowest BCUT2D eigenvalue weighted by atomic mass is 10.1. The van der Waals surface area contributed by atoms with E-state index in [0.29, 0.717) is 30.1 Å². The fourth-order valence-electron chi connectivity index (χ4n) is 4.02. The third kappa shape index (κ3) is 5.82. The summed E-state index contributed by atoms with van der Waals surface area (Å²) in [5.74, 6) is -0.591. The lowest BCUT2D eigenvalue weighted by molar-refractivity contribution is -0.117. The van der Waals surface area contributed by atoms with Crippen LogP contribution in [0.1, 0.15) is 22.3 Å². The second-order valence-corrected chi connectivity index (χ2v) is 9.78. The van der Waals surface area contributed by atoms with Crippen LogP contribution < -0.4 is 10.2 Å². The van der Waals surface area contributed by atoms with E-state index < -0.39 is 11.2 Å². The molecule has 0 radical (unpaired) electrons. The molecule has 1 aliphatic rings. The molecule has 6 heteroatoms. The standard InChI is InChI=1S/C29H27N3O2S/c1-20-11-13-24(14-12-20)32-28(34)26(18-23-10-6-7-21(2)17-23)35-29(32)25(19-30)27(33)31-16-15-22-8-4-3-5-9-22/h3-14,17,26H,15-16,18H2,1-2H3,(H,31,33)/b29-25+/t26-/m1/s1. The molecule has 1 N–H and O–H groups in total. The van der Waals surface area contributed by atoms with Crippen LogP contribution in [0.2, 0.25) is 0 Å². The molecule has 3 aromatic rings. The van der Waals surface area contributed by atoms with Crippen LogP contribution in [0.3, 0.4) is 0 Å². The fraction of sp³-hybridized carbons (Fsp3) is 0.207. The minimum atomic E-state index is -0.466. The van der Waals surface area contributed by atoms with Crippen molar-refractivity contribution in [1.82, 2.24) is 5.32 Å². The molecule has 0 aromatic heterocycles. The second kappa shape index (κ2) is 11.1. The molecule has 0 unspecified atom stereocenters. The van der Waals surface area contributed by atoms with E-state index in [-0.39, 0.29) is 11.5 Å². The Kier molecular flexibility index (Phi) is 7.69. The van der Waals surface area contributed by atoms with Crippen LogP contribution in [0.15, 0.2) is 89.5 Å². The van der Waals surface area contributed by atoms with E-state index >= 15 is 0 Å². The summed E-state index contributed by atoms with van der Waals surface area (Å²) in [5, 5.41) is 12.8. The number of carbonyl (C=O) groups is 2. The summed E-state index contributed by atoms with van der Waals surface area (Å²) in [7, 11) is 0. The first-order chi connectivity index (χ1) is 17.0. The molecule has 0 saturated carbocycles. The third-order valence-corrected chi connectivity index (χ3v) is 7.11. The highest BCUT2D eigenvalue weighted by atomic mass is 32.2. The van der Waals surface area contributed by atoms with Crippen LogP contribution in [0, 0.1) is 25.2 Å². The lowest BCUT2D eigenvalue weighted by Crippen LogP contribution is -2.32. The third-order valence-electron chi connectivity index (χ3n) is 5.84. The van der Waals surface area contributed by atoms with Crippen molar-refractivity contribution in [3.8, 4) is 6.07 Å². The van der Waals surface area contributed by atoms with E-state index in [1.807, 2.05) is 86.6 Å². The van der Waals surface area contributed by atoms with Gasteiger partial charge in [-0.05, 0) is 49.9 Å². The normalized spacial score (nSPS) is 16.7. The van der Waals surface area contributed by atoms with Crippen molar-refractivity contribution in [2.45, 2.75) is 31.9 Å². The van der Waals surface area contributed by atoms with Crippen molar-refractivity contribution in [1.29, 1.82) is 5.26 Å². The monoisotopic (exact) mass is 481 g/mol. The van der Waals surface area contributed by atoms with Crippen molar-refractivity contribution < 1.29 is 9.59 Å². The van der Waals surface area contributed by atoms with Crippen molar-refractivity contribution in [3.63, 3.8) is 0 Å². The average molecular weight is 482 g/mol. The minimum Gasteiger partial charge on any atom is -0.351 e. The number of thioether (sulfide) groups is 1. The van der Waals surface area contributed by atoms with Gasteiger partial charge in [-0.1, -0.05) is 89.6 Å². The van der Waals surface area contributed by atoms with Gasteiger partial charge in [-0.25, -0.2) is 0 Å². The van der Waals surface area contributed by atoms with Gasteiger partial charge in [0.05, 0.1) is 5.25 Å². The van der Waals surface area contributed by atoms with Gasteiger partial charge in [0.15, 0.2) is 0 Å². The predicted octanol–water partition coefficient (Wildman–Crippen LogP) is 5.09. The molecule has 2 amide bonds. The first kappa shape index (κ1) is 24.3. The van der Waals surface area contributed by atoms with Crippen LogP contribution in [-0.2, 0) is 22.4 Å². The molecule has 4 rings (SSSR count). The number of amides is 2. The van der Waals surface area contributed by atoms with Crippen LogP contribution in [-0.4, -0.2) is 23.6 Å². The van der Waals surface area contributed by atoms with Gasteiger partial charge in [0, 0.05) is 12.2 Å². The van der Waals surface area contributed by atoms with Gasteiger partial charge in [-0.3, -0.25) is 14.5 Å². The van der Waals surface area contributed by atoms with Gasteiger partial charge in [0.25, 0.3) is 5.91 Å². The zero-order chi connectivity index (χ0) is 24.8. The summed E-state index contributed by atoms with van der Waals surface area (Å²) >= 11 is 1.29. The Morgan fingerprint density at radius 1 is 0.971 bits per heavy atom. The van der Waals surface area contributed by atoms with Gasteiger partial charge in [-0.15, -0.1) is 0 Å². The molecule has 176 valence electrons. The number of aryl methyl sites for hydroxylation is 2. The van der Waals surface area contributed by atoms with Crippen molar-refractivity contribution in [2.75, 3.05) is 11.4 Å². The van der Waals surface area contributed by atoms with E-state index in [1.165, 1.54) is 16.7 Å². The van der Waals surface area contributed by atoms with E-state index in [9.17, 15) is 14.9 Å². The molecule has 1 heterocycles.